The second-order valence-electron chi connectivity index (χ2n) is 7.44. The first-order valence-corrected chi connectivity index (χ1v) is 9.90. The van der Waals surface area contributed by atoms with Crippen LogP contribution in [0.25, 0.3) is 11.0 Å². The van der Waals surface area contributed by atoms with Crippen molar-refractivity contribution in [3.63, 3.8) is 0 Å². The van der Waals surface area contributed by atoms with E-state index < -0.39 is 0 Å². The summed E-state index contributed by atoms with van der Waals surface area (Å²) in [5.74, 6) is 0.322. The molecule has 1 aliphatic heterocycles. The molecule has 0 saturated carbocycles. The number of nitrogens with zero attached hydrogens (tertiary/aromatic N) is 5. The Labute approximate surface area is 177 Å². The molecule has 1 atom stereocenters. The highest BCUT2D eigenvalue weighted by Crippen LogP contribution is 2.33. The van der Waals surface area contributed by atoms with Gasteiger partial charge in [0.15, 0.2) is 5.65 Å². The van der Waals surface area contributed by atoms with Gasteiger partial charge in [-0.2, -0.15) is 5.10 Å². The van der Waals surface area contributed by atoms with Gasteiger partial charge in [-0.25, -0.2) is 15.0 Å². The van der Waals surface area contributed by atoms with Gasteiger partial charge in [0.2, 0.25) is 0 Å². The predicted octanol–water partition coefficient (Wildman–Crippen LogP) is 3.07. The van der Waals surface area contributed by atoms with Crippen LogP contribution in [0.1, 0.15) is 29.3 Å². The van der Waals surface area contributed by atoms with Crippen LogP contribution in [0.5, 0.6) is 0 Å². The number of amides is 1. The van der Waals surface area contributed by atoms with Crippen LogP contribution in [0.3, 0.4) is 0 Å². The Hall–Kier alpha value is -4.07. The van der Waals surface area contributed by atoms with Crippen LogP contribution < -0.4 is 5.56 Å². The number of rotatable bonds is 4. The van der Waals surface area contributed by atoms with Crippen LogP contribution in [0.2, 0.25) is 0 Å². The van der Waals surface area contributed by atoms with Crippen molar-refractivity contribution in [3.05, 3.63) is 94.6 Å². The van der Waals surface area contributed by atoms with Gasteiger partial charge in [-0.05, 0) is 36.8 Å². The van der Waals surface area contributed by atoms with E-state index in [0.717, 1.165) is 16.8 Å². The topological polar surface area (TPSA) is 93.6 Å². The van der Waals surface area contributed by atoms with Gasteiger partial charge in [0.1, 0.15) is 24.7 Å². The number of aromatic nitrogens is 3. The van der Waals surface area contributed by atoms with Gasteiger partial charge in [-0.1, -0.05) is 29.8 Å². The second-order valence-corrected chi connectivity index (χ2v) is 7.44. The van der Waals surface area contributed by atoms with Crippen LogP contribution in [-0.2, 0) is 11.3 Å². The summed E-state index contributed by atoms with van der Waals surface area (Å²) in [5.41, 5.74) is 2.93. The number of carbonyl (C=O) groups excluding carboxylic acids is 1. The summed E-state index contributed by atoms with van der Waals surface area (Å²) in [4.78, 5) is 34.2. The Morgan fingerprint density at radius 1 is 1.13 bits per heavy atom. The molecule has 5 rings (SSSR count). The molecule has 1 aliphatic rings. The van der Waals surface area contributed by atoms with Crippen LogP contribution in [-0.4, -0.2) is 31.2 Å². The molecule has 3 aromatic heterocycles. The first-order valence-electron chi connectivity index (χ1n) is 9.90. The van der Waals surface area contributed by atoms with Crippen molar-refractivity contribution >= 4 is 22.7 Å². The van der Waals surface area contributed by atoms with Gasteiger partial charge in [0, 0.05) is 12.6 Å². The van der Waals surface area contributed by atoms with E-state index in [1.54, 1.807) is 30.7 Å². The molecule has 8 nitrogen and oxygen atoms in total. The van der Waals surface area contributed by atoms with E-state index >= 15 is 0 Å². The van der Waals surface area contributed by atoms with Gasteiger partial charge in [0.05, 0.1) is 17.4 Å². The normalized spacial score (nSPS) is 16.0. The summed E-state index contributed by atoms with van der Waals surface area (Å²) in [7, 11) is 0. The fraction of sp³-hybridized carbons (Fsp3) is 0.174. The van der Waals surface area contributed by atoms with E-state index in [9.17, 15) is 9.59 Å². The number of benzene rings is 1. The van der Waals surface area contributed by atoms with Gasteiger partial charge >= 0.3 is 0 Å². The van der Waals surface area contributed by atoms with E-state index in [-0.39, 0.29) is 24.1 Å². The molecule has 0 fully saturated rings. The lowest BCUT2D eigenvalue weighted by Crippen LogP contribution is -2.34. The molecule has 0 spiro atoms. The third-order valence-corrected chi connectivity index (χ3v) is 5.33. The molecule has 154 valence electrons. The lowest BCUT2D eigenvalue weighted by Gasteiger charge is -2.20. The third kappa shape index (κ3) is 3.52. The standard InChI is InChI=1S/C23H19N5O3/c1-15-6-8-16(9-7-15)18-12-19(20-5-3-11-31-20)28(26-18)21(29)13-27-14-25-22-17(23(27)30)4-2-10-24-22/h2-11,14,19H,12-13H2,1H3. The van der Waals surface area contributed by atoms with E-state index in [1.165, 1.54) is 15.9 Å². The highest BCUT2D eigenvalue weighted by molar-refractivity contribution is 6.03. The molecule has 0 saturated heterocycles. The zero-order valence-corrected chi connectivity index (χ0v) is 16.8. The second kappa shape index (κ2) is 7.64. The molecule has 1 amide bonds. The fourth-order valence-corrected chi connectivity index (χ4v) is 3.69. The molecule has 0 N–H and O–H groups in total. The number of hydrogen-bond acceptors (Lipinski definition) is 6. The smallest absolute Gasteiger partial charge is 0.263 e. The maximum atomic E-state index is 13.2. The van der Waals surface area contributed by atoms with Crippen molar-refractivity contribution in [2.24, 2.45) is 5.10 Å². The van der Waals surface area contributed by atoms with Crippen LogP contribution >= 0.6 is 0 Å². The minimum atomic E-state index is -0.371. The largest absolute Gasteiger partial charge is 0.467 e. The van der Waals surface area contributed by atoms with Crippen LogP contribution in [0, 0.1) is 6.92 Å². The minimum Gasteiger partial charge on any atom is -0.467 e. The first-order chi connectivity index (χ1) is 15.1. The van der Waals surface area contributed by atoms with Gasteiger partial charge < -0.3 is 4.42 Å². The van der Waals surface area contributed by atoms with E-state index in [2.05, 4.69) is 15.1 Å². The van der Waals surface area contributed by atoms with Crippen molar-refractivity contribution in [1.82, 2.24) is 19.5 Å². The average molecular weight is 413 g/mol. The average Bonchev–Trinajstić information content (AvgIpc) is 3.46. The maximum absolute atomic E-state index is 13.2. The van der Waals surface area contributed by atoms with Gasteiger partial charge in [-0.3, -0.25) is 14.2 Å². The number of hydrogen-bond donors (Lipinski definition) is 0. The quantitative estimate of drug-likeness (QED) is 0.513. The highest BCUT2D eigenvalue weighted by Gasteiger charge is 2.35. The van der Waals surface area contributed by atoms with Gasteiger partial charge in [0.25, 0.3) is 11.5 Å². The monoisotopic (exact) mass is 413 g/mol. The number of pyridine rings is 1. The van der Waals surface area contributed by atoms with Crippen molar-refractivity contribution < 1.29 is 9.21 Å². The number of hydrazone groups is 1. The number of fused-ring (bicyclic) bond motifs is 1. The van der Waals surface area contributed by atoms with Crippen molar-refractivity contribution in [3.8, 4) is 0 Å². The SMILES string of the molecule is Cc1ccc(C2=NN(C(=O)Cn3cnc4ncccc4c3=O)C(c3ccco3)C2)cc1. The highest BCUT2D eigenvalue weighted by atomic mass is 16.3. The number of aryl methyl sites for hydroxylation is 1. The van der Waals surface area contributed by atoms with Crippen LogP contribution in [0.4, 0.5) is 0 Å². The lowest BCUT2D eigenvalue weighted by atomic mass is 10.0. The molecule has 31 heavy (non-hydrogen) atoms. The van der Waals surface area contributed by atoms with Crippen molar-refractivity contribution in [2.45, 2.75) is 25.9 Å². The predicted molar refractivity (Wildman–Crippen MR) is 114 cm³/mol. The zero-order chi connectivity index (χ0) is 21.4. The summed E-state index contributed by atoms with van der Waals surface area (Å²) >= 11 is 0. The number of furan rings is 1. The molecule has 4 aromatic rings. The Morgan fingerprint density at radius 2 is 1.97 bits per heavy atom. The molecule has 0 aliphatic carbocycles. The summed E-state index contributed by atoms with van der Waals surface area (Å²) < 4.78 is 6.86. The van der Waals surface area contributed by atoms with E-state index in [1.807, 2.05) is 37.3 Å². The molecule has 1 unspecified atom stereocenters. The minimum absolute atomic E-state index is 0.182. The Bertz CT molecular complexity index is 1340. The van der Waals surface area contributed by atoms with Crippen molar-refractivity contribution in [1.29, 1.82) is 0 Å². The fourth-order valence-electron chi connectivity index (χ4n) is 3.69. The Kier molecular flexibility index (Phi) is 4.66. The van der Waals surface area contributed by atoms with Crippen LogP contribution in [0.15, 0.2) is 81.6 Å². The molecule has 0 radical (unpaired) electrons. The first kappa shape index (κ1) is 18.9. The molecular weight excluding hydrogens is 394 g/mol. The molecule has 1 aromatic carbocycles. The van der Waals surface area contributed by atoms with E-state index in [0.29, 0.717) is 23.2 Å². The Balaban J connectivity index is 1.48. The summed E-state index contributed by atoms with van der Waals surface area (Å²) in [6, 6.07) is 14.6. The zero-order valence-electron chi connectivity index (χ0n) is 16.8. The van der Waals surface area contributed by atoms with Crippen molar-refractivity contribution in [2.75, 3.05) is 0 Å². The Morgan fingerprint density at radius 3 is 2.74 bits per heavy atom. The molecule has 4 heterocycles. The maximum Gasteiger partial charge on any atom is 0.263 e. The van der Waals surface area contributed by atoms with E-state index in [4.69, 9.17) is 4.42 Å². The molecular formula is C23H19N5O3. The third-order valence-electron chi connectivity index (χ3n) is 5.33. The number of carbonyl (C=O) groups is 1. The summed E-state index contributed by atoms with van der Waals surface area (Å²) in [6.45, 7) is 1.84. The molecule has 8 heteroatoms. The lowest BCUT2D eigenvalue weighted by molar-refractivity contribution is -0.134. The molecule has 0 bridgehead atoms. The summed E-state index contributed by atoms with van der Waals surface area (Å²) in [6.07, 6.45) is 5.02. The summed E-state index contributed by atoms with van der Waals surface area (Å²) in [5, 5.41) is 6.38. The van der Waals surface area contributed by atoms with Gasteiger partial charge in [-0.15, -0.1) is 0 Å².